The largest absolute Gasteiger partial charge is 0.493 e. The molecule has 0 saturated carbocycles. The number of nitrogens with one attached hydrogen (secondary N) is 1. The van der Waals surface area contributed by atoms with E-state index < -0.39 is 0 Å². The first-order valence-corrected chi connectivity index (χ1v) is 10.5. The zero-order valence-electron chi connectivity index (χ0n) is 18.6. The number of rotatable bonds is 8. The SMILES string of the molecule is COc1ccc(CCNC(=O)Cn2c(-c3cccc(Cl)c3)nc(C)c(C)c2=O)cc1OC. The number of ether oxygens (including phenoxy) is 2. The average Bonchev–Trinajstić information content (AvgIpc) is 2.79. The Morgan fingerprint density at radius 1 is 1.09 bits per heavy atom. The molecule has 0 aliphatic carbocycles. The van der Waals surface area contributed by atoms with E-state index in [1.54, 1.807) is 46.3 Å². The van der Waals surface area contributed by atoms with E-state index in [9.17, 15) is 9.59 Å². The Bertz CT molecular complexity index is 1190. The second-order valence-electron chi connectivity index (χ2n) is 7.34. The van der Waals surface area contributed by atoms with Crippen molar-refractivity contribution in [3.8, 4) is 22.9 Å². The normalized spacial score (nSPS) is 10.7. The summed E-state index contributed by atoms with van der Waals surface area (Å²) >= 11 is 6.12. The van der Waals surface area contributed by atoms with Gasteiger partial charge in [-0.2, -0.15) is 0 Å². The molecule has 0 radical (unpaired) electrons. The van der Waals surface area contributed by atoms with Crippen molar-refractivity contribution in [1.29, 1.82) is 0 Å². The van der Waals surface area contributed by atoms with Crippen LogP contribution in [0.2, 0.25) is 5.02 Å². The third-order valence-corrected chi connectivity index (χ3v) is 5.44. The molecule has 168 valence electrons. The first-order chi connectivity index (χ1) is 15.3. The van der Waals surface area contributed by atoms with Crippen molar-refractivity contribution in [2.75, 3.05) is 20.8 Å². The Labute approximate surface area is 192 Å². The lowest BCUT2D eigenvalue weighted by atomic mass is 10.1. The third-order valence-electron chi connectivity index (χ3n) is 5.21. The molecule has 0 saturated heterocycles. The first kappa shape index (κ1) is 23.3. The molecular weight excluding hydrogens is 430 g/mol. The highest BCUT2D eigenvalue weighted by molar-refractivity contribution is 6.30. The van der Waals surface area contributed by atoms with Crippen LogP contribution in [-0.4, -0.2) is 36.2 Å². The molecule has 32 heavy (non-hydrogen) atoms. The van der Waals surface area contributed by atoms with Crippen LogP contribution in [0.3, 0.4) is 0 Å². The van der Waals surface area contributed by atoms with Crippen molar-refractivity contribution in [3.05, 3.63) is 74.7 Å². The molecule has 0 fully saturated rings. The van der Waals surface area contributed by atoms with Crippen molar-refractivity contribution >= 4 is 17.5 Å². The monoisotopic (exact) mass is 455 g/mol. The molecule has 0 aliphatic rings. The van der Waals surface area contributed by atoms with Crippen LogP contribution in [0.5, 0.6) is 11.5 Å². The van der Waals surface area contributed by atoms with Crippen molar-refractivity contribution in [1.82, 2.24) is 14.9 Å². The minimum absolute atomic E-state index is 0.138. The lowest BCUT2D eigenvalue weighted by molar-refractivity contribution is -0.121. The smallest absolute Gasteiger partial charge is 0.257 e. The van der Waals surface area contributed by atoms with Gasteiger partial charge in [-0.25, -0.2) is 4.98 Å². The van der Waals surface area contributed by atoms with Gasteiger partial charge in [0, 0.05) is 28.4 Å². The predicted octanol–water partition coefficient (Wildman–Crippen LogP) is 3.56. The van der Waals surface area contributed by atoms with E-state index in [1.807, 2.05) is 24.3 Å². The number of halogens is 1. The van der Waals surface area contributed by atoms with Gasteiger partial charge in [0.25, 0.3) is 5.56 Å². The van der Waals surface area contributed by atoms with E-state index in [1.165, 1.54) is 4.57 Å². The summed E-state index contributed by atoms with van der Waals surface area (Å²) in [6, 6.07) is 12.7. The maximum Gasteiger partial charge on any atom is 0.257 e. The van der Waals surface area contributed by atoms with Crippen LogP contribution in [0.15, 0.2) is 47.3 Å². The number of hydrogen-bond donors (Lipinski definition) is 1. The topological polar surface area (TPSA) is 82.5 Å². The van der Waals surface area contributed by atoms with Gasteiger partial charge >= 0.3 is 0 Å². The number of methoxy groups -OCH3 is 2. The number of benzene rings is 2. The molecule has 0 spiro atoms. The first-order valence-electron chi connectivity index (χ1n) is 10.2. The molecule has 0 aliphatic heterocycles. The highest BCUT2D eigenvalue weighted by Crippen LogP contribution is 2.27. The van der Waals surface area contributed by atoms with Crippen molar-refractivity contribution in [3.63, 3.8) is 0 Å². The fourth-order valence-electron chi connectivity index (χ4n) is 3.33. The maximum absolute atomic E-state index is 12.9. The Balaban J connectivity index is 1.75. The fraction of sp³-hybridized carbons (Fsp3) is 0.292. The van der Waals surface area contributed by atoms with Crippen molar-refractivity contribution in [2.24, 2.45) is 0 Å². The van der Waals surface area contributed by atoms with Crippen LogP contribution < -0.4 is 20.3 Å². The predicted molar refractivity (Wildman–Crippen MR) is 125 cm³/mol. The van der Waals surface area contributed by atoms with Gasteiger partial charge in [0.1, 0.15) is 12.4 Å². The van der Waals surface area contributed by atoms with Crippen LogP contribution in [-0.2, 0) is 17.8 Å². The van der Waals surface area contributed by atoms with Gasteiger partial charge in [-0.3, -0.25) is 14.2 Å². The van der Waals surface area contributed by atoms with Crippen molar-refractivity contribution < 1.29 is 14.3 Å². The third kappa shape index (κ3) is 5.29. The maximum atomic E-state index is 12.9. The number of carbonyl (C=O) groups excluding carboxylic acids is 1. The molecule has 1 heterocycles. The van der Waals surface area contributed by atoms with Gasteiger partial charge in [0.2, 0.25) is 5.91 Å². The number of nitrogens with zero attached hydrogens (tertiary/aromatic N) is 2. The fourth-order valence-corrected chi connectivity index (χ4v) is 3.52. The number of hydrogen-bond acceptors (Lipinski definition) is 5. The average molecular weight is 456 g/mol. The summed E-state index contributed by atoms with van der Waals surface area (Å²) < 4.78 is 11.9. The van der Waals surface area contributed by atoms with Gasteiger partial charge in [0.05, 0.1) is 14.2 Å². The van der Waals surface area contributed by atoms with Crippen LogP contribution in [0.25, 0.3) is 11.4 Å². The van der Waals surface area contributed by atoms with Crippen molar-refractivity contribution in [2.45, 2.75) is 26.8 Å². The van der Waals surface area contributed by atoms with E-state index in [2.05, 4.69) is 10.3 Å². The quantitative estimate of drug-likeness (QED) is 0.561. The number of aryl methyl sites for hydroxylation is 1. The summed E-state index contributed by atoms with van der Waals surface area (Å²) in [6.45, 7) is 3.75. The lowest BCUT2D eigenvalue weighted by Crippen LogP contribution is -2.35. The van der Waals surface area contributed by atoms with Gasteiger partial charge in [-0.15, -0.1) is 0 Å². The zero-order chi connectivity index (χ0) is 23.3. The summed E-state index contributed by atoms with van der Waals surface area (Å²) in [5, 5.41) is 3.40. The zero-order valence-corrected chi connectivity index (χ0v) is 19.3. The molecule has 3 rings (SSSR count). The Morgan fingerprint density at radius 2 is 1.84 bits per heavy atom. The standard InChI is InChI=1S/C24H26ClN3O4/c1-15-16(2)27-23(18-6-5-7-19(25)13-18)28(24(15)30)14-22(29)26-11-10-17-8-9-20(31-3)21(12-17)32-4/h5-9,12-13H,10-11,14H2,1-4H3,(H,26,29). The summed E-state index contributed by atoms with van der Waals surface area (Å²) in [6.07, 6.45) is 0.604. The van der Waals surface area contributed by atoms with E-state index in [0.717, 1.165) is 5.56 Å². The van der Waals surface area contributed by atoms with E-state index in [0.29, 0.717) is 52.1 Å². The number of carbonyl (C=O) groups is 1. The summed E-state index contributed by atoms with van der Waals surface area (Å²) in [4.78, 5) is 30.1. The molecular formula is C24H26ClN3O4. The highest BCUT2D eigenvalue weighted by atomic mass is 35.5. The van der Waals surface area contributed by atoms with Gasteiger partial charge in [-0.1, -0.05) is 29.8 Å². The van der Waals surface area contributed by atoms with Gasteiger partial charge in [-0.05, 0) is 50.1 Å². The summed E-state index contributed by atoms with van der Waals surface area (Å²) in [5.74, 6) is 1.42. The highest BCUT2D eigenvalue weighted by Gasteiger charge is 2.16. The molecule has 7 nitrogen and oxygen atoms in total. The van der Waals surface area contributed by atoms with Gasteiger partial charge in [0.15, 0.2) is 11.5 Å². The molecule has 1 amide bonds. The molecule has 3 aromatic rings. The summed E-state index contributed by atoms with van der Waals surface area (Å²) in [5.41, 5.74) is 2.55. The Morgan fingerprint density at radius 3 is 2.53 bits per heavy atom. The molecule has 1 aromatic heterocycles. The summed E-state index contributed by atoms with van der Waals surface area (Å²) in [7, 11) is 3.16. The minimum atomic E-state index is -0.277. The molecule has 2 aromatic carbocycles. The van der Waals surface area contributed by atoms with E-state index in [4.69, 9.17) is 21.1 Å². The van der Waals surface area contributed by atoms with E-state index in [-0.39, 0.29) is 18.0 Å². The Hall–Kier alpha value is -3.32. The molecule has 0 unspecified atom stereocenters. The van der Waals surface area contributed by atoms with Gasteiger partial charge < -0.3 is 14.8 Å². The lowest BCUT2D eigenvalue weighted by Gasteiger charge is -2.15. The van der Waals surface area contributed by atoms with Crippen LogP contribution in [0.4, 0.5) is 0 Å². The molecule has 1 N–H and O–H groups in total. The molecule has 0 bridgehead atoms. The minimum Gasteiger partial charge on any atom is -0.493 e. The van der Waals surface area contributed by atoms with Crippen LogP contribution in [0, 0.1) is 13.8 Å². The van der Waals surface area contributed by atoms with E-state index >= 15 is 0 Å². The van der Waals surface area contributed by atoms with Crippen LogP contribution >= 0.6 is 11.6 Å². The van der Waals surface area contributed by atoms with Crippen LogP contribution in [0.1, 0.15) is 16.8 Å². The molecule has 8 heteroatoms. The molecule has 0 atom stereocenters. The Kier molecular flexibility index (Phi) is 7.53. The second-order valence-corrected chi connectivity index (χ2v) is 7.77. The number of amides is 1. The second kappa shape index (κ2) is 10.3. The number of aromatic nitrogens is 2.